The minimum atomic E-state index is -2.73. The Morgan fingerprint density at radius 2 is 1.83 bits per heavy atom. The van der Waals surface area contributed by atoms with Crippen LogP contribution in [0.5, 0.6) is 5.75 Å². The largest absolute Gasteiger partial charge is 0.493 e. The van der Waals surface area contributed by atoms with Crippen LogP contribution in [0.4, 0.5) is 17.6 Å². The van der Waals surface area contributed by atoms with Crippen LogP contribution in [0.15, 0.2) is 12.1 Å². The normalized spacial score (nSPS) is 26.9. The number of esters is 1. The fourth-order valence-electron chi connectivity index (χ4n) is 4.41. The first-order valence-corrected chi connectivity index (χ1v) is 7.69. The number of methoxy groups -OCH3 is 2. The van der Waals surface area contributed by atoms with Gasteiger partial charge in [-0.05, 0) is 24.3 Å². The molecule has 0 amide bonds. The van der Waals surface area contributed by atoms with Crippen molar-refractivity contribution >= 4 is 5.97 Å². The standard InChI is InChI=1S/C17H18F4O3/c1-23-14-9(3-4-12(18)13(14)19)10-5-16(7-17(20,21)8-16)6-11(10)15(22)24-2/h3-4,10-11H,5-8H2,1-2H3/t10-,11+/m0/s1. The number of benzene rings is 1. The van der Waals surface area contributed by atoms with Crippen molar-refractivity contribution in [2.45, 2.75) is 37.5 Å². The Hall–Kier alpha value is -1.79. The Kier molecular flexibility index (Phi) is 4.00. The number of ether oxygens (including phenoxy) is 2. The maximum absolute atomic E-state index is 14.0. The van der Waals surface area contributed by atoms with E-state index in [-0.39, 0.29) is 25.0 Å². The molecule has 1 spiro atoms. The molecule has 2 atom stereocenters. The molecule has 2 saturated carbocycles. The van der Waals surface area contributed by atoms with E-state index in [1.165, 1.54) is 20.3 Å². The van der Waals surface area contributed by atoms with Gasteiger partial charge >= 0.3 is 5.97 Å². The average molecular weight is 346 g/mol. The molecule has 2 fully saturated rings. The van der Waals surface area contributed by atoms with Gasteiger partial charge in [-0.25, -0.2) is 13.2 Å². The van der Waals surface area contributed by atoms with E-state index in [9.17, 15) is 22.4 Å². The third-order valence-corrected chi connectivity index (χ3v) is 5.25. The zero-order valence-corrected chi connectivity index (χ0v) is 13.4. The van der Waals surface area contributed by atoms with Gasteiger partial charge in [0.05, 0.1) is 20.1 Å². The van der Waals surface area contributed by atoms with E-state index in [1.54, 1.807) is 0 Å². The number of carbonyl (C=O) groups is 1. The minimum Gasteiger partial charge on any atom is -0.493 e. The lowest BCUT2D eigenvalue weighted by molar-refractivity contribution is -0.163. The van der Waals surface area contributed by atoms with E-state index in [0.29, 0.717) is 12.0 Å². The molecule has 2 aliphatic rings. The zero-order chi connectivity index (χ0) is 17.7. The van der Waals surface area contributed by atoms with E-state index in [1.807, 2.05) is 0 Å². The summed E-state index contributed by atoms with van der Waals surface area (Å²) in [6, 6.07) is 2.32. The van der Waals surface area contributed by atoms with Crippen molar-refractivity contribution in [3.05, 3.63) is 29.3 Å². The lowest BCUT2D eigenvalue weighted by Crippen LogP contribution is -2.44. The molecule has 3 nitrogen and oxygen atoms in total. The van der Waals surface area contributed by atoms with Gasteiger partial charge in [0.15, 0.2) is 11.6 Å². The van der Waals surface area contributed by atoms with Gasteiger partial charge in [-0.2, -0.15) is 4.39 Å². The summed E-state index contributed by atoms with van der Waals surface area (Å²) in [5.41, 5.74) is -0.345. The number of carbonyl (C=O) groups excluding carboxylic acids is 1. The molecule has 0 unspecified atom stereocenters. The molecule has 0 N–H and O–H groups in total. The first-order valence-electron chi connectivity index (χ1n) is 7.69. The Bertz CT molecular complexity index is 666. The fourth-order valence-corrected chi connectivity index (χ4v) is 4.41. The van der Waals surface area contributed by atoms with E-state index >= 15 is 0 Å². The number of hydrogen-bond acceptors (Lipinski definition) is 3. The number of hydrogen-bond donors (Lipinski definition) is 0. The molecule has 1 aromatic carbocycles. The van der Waals surface area contributed by atoms with Crippen LogP contribution in [-0.2, 0) is 9.53 Å². The molecule has 1 aromatic rings. The van der Waals surface area contributed by atoms with Gasteiger partial charge in [0.1, 0.15) is 0 Å². The van der Waals surface area contributed by atoms with Gasteiger partial charge in [-0.15, -0.1) is 0 Å². The molecule has 132 valence electrons. The van der Waals surface area contributed by atoms with Crippen molar-refractivity contribution < 1.29 is 31.8 Å². The first kappa shape index (κ1) is 17.0. The van der Waals surface area contributed by atoms with Gasteiger partial charge in [0.25, 0.3) is 0 Å². The highest BCUT2D eigenvalue weighted by atomic mass is 19.3. The number of halogens is 4. The van der Waals surface area contributed by atoms with Crippen molar-refractivity contribution in [3.63, 3.8) is 0 Å². The zero-order valence-electron chi connectivity index (χ0n) is 13.4. The Labute approximate surface area is 136 Å². The second-order valence-corrected chi connectivity index (χ2v) is 6.84. The van der Waals surface area contributed by atoms with Gasteiger partial charge in [-0.1, -0.05) is 6.07 Å². The molecule has 3 rings (SSSR count). The SMILES string of the molecule is COC(=O)[C@@H]1CC2(C[C@H]1c1ccc(F)c(F)c1OC)CC(F)(F)C2. The van der Waals surface area contributed by atoms with E-state index in [4.69, 9.17) is 9.47 Å². The summed E-state index contributed by atoms with van der Waals surface area (Å²) in [7, 11) is 2.43. The number of alkyl halides is 2. The van der Waals surface area contributed by atoms with Crippen molar-refractivity contribution in [2.75, 3.05) is 14.2 Å². The topological polar surface area (TPSA) is 35.5 Å². The van der Waals surface area contributed by atoms with Crippen LogP contribution in [0, 0.1) is 23.0 Å². The third-order valence-electron chi connectivity index (χ3n) is 5.25. The molecule has 0 saturated heterocycles. The second-order valence-electron chi connectivity index (χ2n) is 6.84. The molecule has 7 heteroatoms. The van der Waals surface area contributed by atoms with Crippen LogP contribution < -0.4 is 4.74 Å². The summed E-state index contributed by atoms with van der Waals surface area (Å²) in [4.78, 5) is 12.1. The smallest absolute Gasteiger partial charge is 0.309 e. The number of rotatable bonds is 3. The van der Waals surface area contributed by atoms with Crippen LogP contribution in [0.1, 0.15) is 37.2 Å². The summed E-state index contributed by atoms with van der Waals surface area (Å²) in [6.07, 6.45) is -0.0438. The van der Waals surface area contributed by atoms with Crippen LogP contribution in [0.3, 0.4) is 0 Å². The Morgan fingerprint density at radius 3 is 2.38 bits per heavy atom. The van der Waals surface area contributed by atoms with Crippen LogP contribution in [-0.4, -0.2) is 26.1 Å². The Morgan fingerprint density at radius 1 is 1.17 bits per heavy atom. The second kappa shape index (κ2) is 5.63. The summed E-state index contributed by atoms with van der Waals surface area (Å²) in [5, 5.41) is 0. The molecule has 0 bridgehead atoms. The highest BCUT2D eigenvalue weighted by Gasteiger charge is 2.62. The van der Waals surface area contributed by atoms with Crippen molar-refractivity contribution in [3.8, 4) is 5.75 Å². The monoisotopic (exact) mass is 346 g/mol. The van der Waals surface area contributed by atoms with Gasteiger partial charge < -0.3 is 9.47 Å². The van der Waals surface area contributed by atoms with Crippen LogP contribution in [0.2, 0.25) is 0 Å². The van der Waals surface area contributed by atoms with E-state index < -0.39 is 40.8 Å². The Balaban J connectivity index is 1.99. The first-order chi connectivity index (χ1) is 11.2. The van der Waals surface area contributed by atoms with Crippen molar-refractivity contribution in [1.82, 2.24) is 0 Å². The predicted molar refractivity (Wildman–Crippen MR) is 77.0 cm³/mol. The van der Waals surface area contributed by atoms with E-state index in [0.717, 1.165) is 6.07 Å². The maximum atomic E-state index is 14.0. The predicted octanol–water partition coefficient (Wildman–Crippen LogP) is 4.06. The van der Waals surface area contributed by atoms with Crippen molar-refractivity contribution in [2.24, 2.45) is 11.3 Å². The molecule has 2 aliphatic carbocycles. The highest BCUT2D eigenvalue weighted by molar-refractivity contribution is 5.74. The molecular weight excluding hydrogens is 328 g/mol. The molecular formula is C17H18F4O3. The summed E-state index contributed by atoms with van der Waals surface area (Å²) in [5.74, 6) is -6.96. The summed E-state index contributed by atoms with van der Waals surface area (Å²) >= 11 is 0. The summed E-state index contributed by atoms with van der Waals surface area (Å²) in [6.45, 7) is 0. The minimum absolute atomic E-state index is 0.252. The lowest BCUT2D eigenvalue weighted by Gasteiger charge is -2.45. The molecule has 0 aliphatic heterocycles. The summed E-state index contributed by atoms with van der Waals surface area (Å²) < 4.78 is 64.0. The quantitative estimate of drug-likeness (QED) is 0.612. The average Bonchev–Trinajstić information content (AvgIpc) is 2.87. The maximum Gasteiger partial charge on any atom is 0.309 e. The molecule has 0 heterocycles. The third kappa shape index (κ3) is 2.63. The molecule has 0 aromatic heterocycles. The van der Waals surface area contributed by atoms with Crippen LogP contribution in [0.25, 0.3) is 0 Å². The molecule has 0 radical (unpaired) electrons. The van der Waals surface area contributed by atoms with Gasteiger partial charge in [-0.3, -0.25) is 4.79 Å². The lowest BCUT2D eigenvalue weighted by atomic mass is 9.64. The highest BCUT2D eigenvalue weighted by Crippen LogP contribution is 2.65. The molecule has 24 heavy (non-hydrogen) atoms. The van der Waals surface area contributed by atoms with Gasteiger partial charge in [0.2, 0.25) is 11.7 Å². The van der Waals surface area contributed by atoms with Crippen LogP contribution >= 0.6 is 0 Å². The van der Waals surface area contributed by atoms with Gasteiger partial charge in [0, 0.05) is 24.3 Å². The van der Waals surface area contributed by atoms with E-state index in [2.05, 4.69) is 0 Å². The van der Waals surface area contributed by atoms with Crippen molar-refractivity contribution in [1.29, 1.82) is 0 Å². The fraction of sp³-hybridized carbons (Fsp3) is 0.588.